The maximum atomic E-state index is 12.9. The second-order valence-electron chi connectivity index (χ2n) is 2.80. The minimum Gasteiger partial charge on any atom is -0.254 e. The van der Waals surface area contributed by atoms with Crippen molar-refractivity contribution in [3.8, 4) is 0 Å². The van der Waals surface area contributed by atoms with Gasteiger partial charge < -0.3 is 0 Å². The lowest BCUT2D eigenvalue weighted by Gasteiger charge is -2.08. The summed E-state index contributed by atoms with van der Waals surface area (Å²) in [5, 5.41) is -0.263. The van der Waals surface area contributed by atoms with Gasteiger partial charge in [0.05, 0.1) is 24.3 Å². The lowest BCUT2D eigenvalue weighted by atomic mass is 10.3. The molecule has 1 atom stereocenters. The van der Waals surface area contributed by atoms with Gasteiger partial charge in [0, 0.05) is 0 Å². The van der Waals surface area contributed by atoms with Crippen molar-refractivity contribution in [2.45, 2.75) is 11.1 Å². The zero-order valence-electron chi connectivity index (χ0n) is 7.45. The van der Waals surface area contributed by atoms with Crippen molar-refractivity contribution >= 4 is 45.0 Å². The minimum absolute atomic E-state index is 0.0764. The molecule has 0 saturated carbocycles. The summed E-state index contributed by atoms with van der Waals surface area (Å²) in [5.74, 6) is -2.15. The molecule has 0 aromatic heterocycles. The fourth-order valence-electron chi connectivity index (χ4n) is 0.905. The third-order valence-electron chi connectivity index (χ3n) is 1.51. The summed E-state index contributed by atoms with van der Waals surface area (Å²) in [7, 11) is -2.31. The molecule has 0 unspecified atom stereocenters. The van der Waals surface area contributed by atoms with Gasteiger partial charge >= 0.3 is 6.18 Å². The number of hydrogen-bond acceptors (Lipinski definition) is 1. The van der Waals surface area contributed by atoms with E-state index in [1.165, 1.54) is 0 Å². The van der Waals surface area contributed by atoms with Crippen molar-refractivity contribution in [3.05, 3.63) is 26.5 Å². The molecule has 0 N–H and O–H groups in total. The monoisotopic (exact) mass is 386 g/mol. The molecule has 0 radical (unpaired) electrons. The average Bonchev–Trinajstić information content (AvgIpc) is 2.08. The van der Waals surface area contributed by atoms with E-state index in [0.29, 0.717) is 0 Å². The van der Waals surface area contributed by atoms with E-state index >= 15 is 0 Å². The lowest BCUT2D eigenvalue weighted by molar-refractivity contribution is -0.105. The van der Waals surface area contributed by atoms with E-state index in [1.54, 1.807) is 22.6 Å². The van der Waals surface area contributed by atoms with E-state index in [1.807, 2.05) is 0 Å². The second-order valence-corrected chi connectivity index (χ2v) is 5.79. The summed E-state index contributed by atoms with van der Waals surface area (Å²) in [5.41, 5.74) is 0. The van der Waals surface area contributed by atoms with E-state index in [9.17, 15) is 21.8 Å². The van der Waals surface area contributed by atoms with E-state index in [4.69, 9.17) is 11.6 Å². The topological polar surface area (TPSA) is 17.1 Å². The van der Waals surface area contributed by atoms with Crippen LogP contribution in [0.5, 0.6) is 0 Å². The molecule has 1 aromatic carbocycles. The van der Waals surface area contributed by atoms with Crippen LogP contribution in [0.25, 0.3) is 0 Å². The Hall–Kier alpha value is 0.110. The van der Waals surface area contributed by atoms with Crippen LogP contribution in [0.4, 0.5) is 17.6 Å². The van der Waals surface area contributed by atoms with Crippen molar-refractivity contribution in [1.82, 2.24) is 0 Å². The maximum absolute atomic E-state index is 12.9. The zero-order valence-corrected chi connectivity index (χ0v) is 11.2. The predicted octanol–water partition coefficient (Wildman–Crippen LogP) is 3.75. The first-order chi connectivity index (χ1) is 7.20. The third-order valence-corrected chi connectivity index (χ3v) is 4.18. The molecule has 1 nitrogen and oxygen atoms in total. The Morgan fingerprint density at radius 2 is 1.94 bits per heavy atom. The fraction of sp³-hybridized carbons (Fsp3) is 0.250. The van der Waals surface area contributed by atoms with Crippen LogP contribution in [-0.4, -0.2) is 16.1 Å². The lowest BCUT2D eigenvalue weighted by Crippen LogP contribution is -2.18. The van der Waals surface area contributed by atoms with Crippen molar-refractivity contribution in [2.24, 2.45) is 0 Å². The van der Waals surface area contributed by atoms with Crippen LogP contribution in [0.2, 0.25) is 5.02 Å². The van der Waals surface area contributed by atoms with Gasteiger partial charge in [-0.25, -0.2) is 4.39 Å². The molecule has 0 saturated heterocycles. The Balaban J connectivity index is 3.05. The Labute approximate surface area is 110 Å². The summed E-state index contributed by atoms with van der Waals surface area (Å²) in [6.45, 7) is 0. The van der Waals surface area contributed by atoms with Crippen LogP contribution in [0.1, 0.15) is 0 Å². The summed E-state index contributed by atoms with van der Waals surface area (Å²) < 4.78 is 60.3. The molecule has 0 aliphatic heterocycles. The van der Waals surface area contributed by atoms with Crippen LogP contribution >= 0.6 is 34.2 Å². The van der Waals surface area contributed by atoms with Gasteiger partial charge in [-0.15, -0.1) is 0 Å². The SMILES string of the molecule is O=[S@](CC(F)(F)F)c1cc(I)c(F)cc1Cl. The van der Waals surface area contributed by atoms with Crippen molar-refractivity contribution in [2.75, 3.05) is 5.75 Å². The minimum atomic E-state index is -4.55. The van der Waals surface area contributed by atoms with Crippen LogP contribution in [0.3, 0.4) is 0 Å². The summed E-state index contributed by atoms with van der Waals surface area (Å²) in [6, 6.07) is 1.91. The highest BCUT2D eigenvalue weighted by atomic mass is 127. The first-order valence-corrected chi connectivity index (χ1v) is 6.58. The molecular formula is C8H4ClF4IOS. The van der Waals surface area contributed by atoms with Gasteiger partial charge in [-0.3, -0.25) is 4.21 Å². The van der Waals surface area contributed by atoms with Crippen molar-refractivity contribution in [3.63, 3.8) is 0 Å². The average molecular weight is 387 g/mol. The molecule has 0 spiro atoms. The maximum Gasteiger partial charge on any atom is 0.400 e. The molecule has 0 aliphatic rings. The molecule has 1 aromatic rings. The number of halogens is 6. The van der Waals surface area contributed by atoms with Crippen molar-refractivity contribution < 1.29 is 21.8 Å². The summed E-state index contributed by atoms with van der Waals surface area (Å²) >= 11 is 7.11. The molecular weight excluding hydrogens is 383 g/mol. The highest BCUT2D eigenvalue weighted by molar-refractivity contribution is 14.1. The van der Waals surface area contributed by atoms with Crippen molar-refractivity contribution in [1.29, 1.82) is 0 Å². The molecule has 0 aliphatic carbocycles. The number of rotatable bonds is 2. The predicted molar refractivity (Wildman–Crippen MR) is 61.5 cm³/mol. The van der Waals surface area contributed by atoms with Gasteiger partial charge in [0.15, 0.2) is 0 Å². The Morgan fingerprint density at radius 1 is 1.38 bits per heavy atom. The van der Waals surface area contributed by atoms with E-state index in [2.05, 4.69) is 0 Å². The number of alkyl halides is 3. The van der Waals surface area contributed by atoms with Gasteiger partial charge in [0.1, 0.15) is 11.6 Å². The van der Waals surface area contributed by atoms with Gasteiger partial charge in [-0.2, -0.15) is 13.2 Å². The standard InChI is InChI=1S/C8H4ClF4IOS/c9-4-1-5(10)6(14)2-7(4)16(15)3-8(11,12)13/h1-2H,3H2/t16-/m1/s1. The molecule has 1 rings (SSSR count). The van der Waals surface area contributed by atoms with E-state index in [-0.39, 0.29) is 13.5 Å². The first kappa shape index (κ1) is 14.2. The largest absolute Gasteiger partial charge is 0.400 e. The molecule has 16 heavy (non-hydrogen) atoms. The van der Waals surface area contributed by atoms with Crippen LogP contribution < -0.4 is 0 Å². The van der Waals surface area contributed by atoms with Gasteiger partial charge in [-0.05, 0) is 34.7 Å². The molecule has 8 heteroatoms. The number of hydrogen-bond donors (Lipinski definition) is 0. The van der Waals surface area contributed by atoms with Crippen LogP contribution in [0, 0.1) is 9.39 Å². The highest BCUT2D eigenvalue weighted by Gasteiger charge is 2.32. The van der Waals surface area contributed by atoms with E-state index < -0.39 is 28.5 Å². The van der Waals surface area contributed by atoms with Crippen LogP contribution in [0.15, 0.2) is 17.0 Å². The molecule has 90 valence electrons. The Bertz CT molecular complexity index is 435. The third kappa shape index (κ3) is 3.85. The van der Waals surface area contributed by atoms with E-state index in [0.717, 1.165) is 12.1 Å². The van der Waals surface area contributed by atoms with Gasteiger partial charge in [0.25, 0.3) is 0 Å². The Morgan fingerprint density at radius 3 is 2.44 bits per heavy atom. The second kappa shape index (κ2) is 5.18. The number of benzene rings is 1. The normalized spacial score (nSPS) is 13.9. The highest BCUT2D eigenvalue weighted by Crippen LogP contribution is 2.27. The zero-order chi connectivity index (χ0) is 12.5. The van der Waals surface area contributed by atoms with Gasteiger partial charge in [0.2, 0.25) is 0 Å². The molecule has 0 bridgehead atoms. The summed E-state index contributed by atoms with van der Waals surface area (Å²) in [6.07, 6.45) is -4.55. The summed E-state index contributed by atoms with van der Waals surface area (Å²) in [4.78, 5) is -0.204. The van der Waals surface area contributed by atoms with Gasteiger partial charge in [-0.1, -0.05) is 11.6 Å². The molecule has 0 amide bonds. The quantitative estimate of drug-likeness (QED) is 0.430. The Kier molecular flexibility index (Phi) is 4.58. The van der Waals surface area contributed by atoms with Crippen LogP contribution in [-0.2, 0) is 10.8 Å². The fourth-order valence-corrected chi connectivity index (χ4v) is 2.97. The first-order valence-electron chi connectivity index (χ1n) is 3.80. The molecule has 0 fully saturated rings. The smallest absolute Gasteiger partial charge is 0.254 e. The molecule has 0 heterocycles.